The number of anilines is 1. The van der Waals surface area contributed by atoms with Crippen molar-refractivity contribution in [2.45, 2.75) is 32.4 Å². The second-order valence-electron chi connectivity index (χ2n) is 6.40. The Labute approximate surface area is 156 Å². The molecule has 0 bridgehead atoms. The molecule has 1 aromatic carbocycles. The monoisotopic (exact) mass is 377 g/mol. The SMILES string of the molecule is COc1ccc(N2CC(C(=O)N[C@@H](C)C(=O)N[C@@H](C)C(=O)O)CC2=O)cc1. The highest BCUT2D eigenvalue weighted by Crippen LogP contribution is 2.26. The van der Waals surface area contributed by atoms with Gasteiger partial charge in [-0.25, -0.2) is 0 Å². The largest absolute Gasteiger partial charge is 0.497 e. The van der Waals surface area contributed by atoms with Crippen molar-refractivity contribution in [1.82, 2.24) is 10.6 Å². The molecule has 0 aromatic heterocycles. The zero-order chi connectivity index (χ0) is 20.1. The fourth-order valence-electron chi connectivity index (χ4n) is 2.69. The quantitative estimate of drug-likeness (QED) is 0.621. The first-order chi connectivity index (χ1) is 12.7. The molecule has 2 rings (SSSR count). The van der Waals surface area contributed by atoms with Gasteiger partial charge in [-0.3, -0.25) is 19.2 Å². The minimum atomic E-state index is -1.17. The predicted octanol–water partition coefficient (Wildman–Crippen LogP) is 0.142. The van der Waals surface area contributed by atoms with Crippen molar-refractivity contribution in [3.8, 4) is 5.75 Å². The molecule has 0 radical (unpaired) electrons. The summed E-state index contributed by atoms with van der Waals surface area (Å²) < 4.78 is 5.08. The molecule has 3 atom stereocenters. The first-order valence-corrected chi connectivity index (χ1v) is 8.51. The molecule has 1 unspecified atom stereocenters. The van der Waals surface area contributed by atoms with E-state index >= 15 is 0 Å². The fraction of sp³-hybridized carbons (Fsp3) is 0.444. The third-order valence-electron chi connectivity index (χ3n) is 4.36. The van der Waals surface area contributed by atoms with E-state index < -0.39 is 35.8 Å². The van der Waals surface area contributed by atoms with Gasteiger partial charge in [-0.2, -0.15) is 0 Å². The number of hydrogen-bond acceptors (Lipinski definition) is 5. The van der Waals surface area contributed by atoms with E-state index in [0.29, 0.717) is 11.4 Å². The average Bonchev–Trinajstić information content (AvgIpc) is 3.03. The standard InChI is InChI=1S/C18H23N3O6/c1-10(16(23)20-11(2)18(25)26)19-17(24)12-8-15(22)21(9-12)13-4-6-14(27-3)7-5-13/h4-7,10-12H,8-9H2,1-3H3,(H,19,24)(H,20,23)(H,25,26)/t10-,11-,12?/m0/s1. The maximum atomic E-state index is 12.4. The normalized spacial score (nSPS) is 18.6. The van der Waals surface area contributed by atoms with E-state index in [-0.39, 0.29) is 18.9 Å². The van der Waals surface area contributed by atoms with Gasteiger partial charge >= 0.3 is 5.97 Å². The Balaban J connectivity index is 1.94. The number of aliphatic carboxylic acids is 1. The van der Waals surface area contributed by atoms with Crippen LogP contribution in [0.15, 0.2) is 24.3 Å². The maximum Gasteiger partial charge on any atom is 0.325 e. The van der Waals surface area contributed by atoms with E-state index in [1.54, 1.807) is 31.4 Å². The Morgan fingerprint density at radius 3 is 2.33 bits per heavy atom. The molecule has 27 heavy (non-hydrogen) atoms. The Bertz CT molecular complexity index is 733. The summed E-state index contributed by atoms with van der Waals surface area (Å²) >= 11 is 0. The van der Waals surface area contributed by atoms with Gasteiger partial charge in [-0.05, 0) is 38.1 Å². The van der Waals surface area contributed by atoms with Crippen LogP contribution in [0.3, 0.4) is 0 Å². The number of nitrogens with zero attached hydrogens (tertiary/aromatic N) is 1. The van der Waals surface area contributed by atoms with Crippen LogP contribution in [-0.4, -0.2) is 54.5 Å². The summed E-state index contributed by atoms with van der Waals surface area (Å²) in [6, 6.07) is 4.96. The van der Waals surface area contributed by atoms with E-state index in [0.717, 1.165) is 0 Å². The lowest BCUT2D eigenvalue weighted by atomic mass is 10.1. The van der Waals surface area contributed by atoms with Crippen LogP contribution < -0.4 is 20.3 Å². The smallest absolute Gasteiger partial charge is 0.325 e. The third kappa shape index (κ3) is 4.96. The van der Waals surface area contributed by atoms with Crippen molar-refractivity contribution in [3.05, 3.63) is 24.3 Å². The molecule has 1 saturated heterocycles. The van der Waals surface area contributed by atoms with Gasteiger partial charge in [0.05, 0.1) is 13.0 Å². The van der Waals surface area contributed by atoms with Gasteiger partial charge in [0.25, 0.3) is 0 Å². The number of carboxylic acid groups (broad SMARTS) is 1. The lowest BCUT2D eigenvalue weighted by Crippen LogP contribution is -2.50. The summed E-state index contributed by atoms with van der Waals surface area (Å²) in [6.45, 7) is 2.99. The number of carbonyl (C=O) groups is 4. The van der Waals surface area contributed by atoms with Gasteiger partial charge in [0, 0.05) is 18.7 Å². The lowest BCUT2D eigenvalue weighted by Gasteiger charge is -2.19. The van der Waals surface area contributed by atoms with Gasteiger partial charge in [0.2, 0.25) is 17.7 Å². The van der Waals surface area contributed by atoms with Crippen molar-refractivity contribution in [1.29, 1.82) is 0 Å². The first kappa shape index (κ1) is 20.2. The highest BCUT2D eigenvalue weighted by atomic mass is 16.5. The summed E-state index contributed by atoms with van der Waals surface area (Å²) in [4.78, 5) is 48.9. The van der Waals surface area contributed by atoms with Gasteiger partial charge in [0.1, 0.15) is 17.8 Å². The van der Waals surface area contributed by atoms with Crippen LogP contribution >= 0.6 is 0 Å². The highest BCUT2D eigenvalue weighted by molar-refractivity contribution is 6.01. The van der Waals surface area contributed by atoms with Crippen LogP contribution in [0.1, 0.15) is 20.3 Å². The maximum absolute atomic E-state index is 12.4. The van der Waals surface area contributed by atoms with Gasteiger partial charge in [0.15, 0.2) is 0 Å². The molecule has 9 nitrogen and oxygen atoms in total. The molecule has 1 fully saturated rings. The van der Waals surface area contributed by atoms with E-state index in [2.05, 4.69) is 10.6 Å². The average molecular weight is 377 g/mol. The summed E-state index contributed by atoms with van der Waals surface area (Å²) in [5.41, 5.74) is 0.664. The molecule has 1 heterocycles. The molecule has 1 aliphatic heterocycles. The predicted molar refractivity (Wildman–Crippen MR) is 96.3 cm³/mol. The summed E-state index contributed by atoms with van der Waals surface area (Å²) in [5.74, 6) is -2.31. The summed E-state index contributed by atoms with van der Waals surface area (Å²) in [6.07, 6.45) is 0.0394. The Kier molecular flexibility index (Phi) is 6.38. The van der Waals surface area contributed by atoms with Crippen LogP contribution in [0.25, 0.3) is 0 Å². The molecule has 0 spiro atoms. The second kappa shape index (κ2) is 8.52. The van der Waals surface area contributed by atoms with Crippen LogP contribution in [0.2, 0.25) is 0 Å². The van der Waals surface area contributed by atoms with E-state index in [4.69, 9.17) is 9.84 Å². The van der Waals surface area contributed by atoms with Gasteiger partial charge < -0.3 is 25.4 Å². The minimum absolute atomic E-state index is 0.0394. The van der Waals surface area contributed by atoms with Crippen LogP contribution in [0.4, 0.5) is 5.69 Å². The topological polar surface area (TPSA) is 125 Å². The van der Waals surface area contributed by atoms with Crippen molar-refractivity contribution < 1.29 is 29.0 Å². The number of ether oxygens (including phenoxy) is 1. The van der Waals surface area contributed by atoms with Crippen molar-refractivity contribution in [2.24, 2.45) is 5.92 Å². The molecule has 0 aliphatic carbocycles. The first-order valence-electron chi connectivity index (χ1n) is 8.51. The molecule has 9 heteroatoms. The lowest BCUT2D eigenvalue weighted by molar-refractivity contribution is -0.141. The Hall–Kier alpha value is -3.10. The second-order valence-corrected chi connectivity index (χ2v) is 6.40. The number of methoxy groups -OCH3 is 1. The molecule has 3 N–H and O–H groups in total. The molecular formula is C18H23N3O6. The number of amides is 3. The number of rotatable bonds is 7. The third-order valence-corrected chi connectivity index (χ3v) is 4.36. The molecule has 3 amide bonds. The zero-order valence-electron chi connectivity index (χ0n) is 15.4. The summed E-state index contributed by atoms with van der Waals surface area (Å²) in [7, 11) is 1.55. The van der Waals surface area contributed by atoms with E-state index in [9.17, 15) is 19.2 Å². The van der Waals surface area contributed by atoms with Crippen LogP contribution in [-0.2, 0) is 19.2 Å². The van der Waals surface area contributed by atoms with Crippen molar-refractivity contribution in [3.63, 3.8) is 0 Å². The Morgan fingerprint density at radius 2 is 1.78 bits per heavy atom. The molecule has 1 aliphatic rings. The Morgan fingerprint density at radius 1 is 1.15 bits per heavy atom. The van der Waals surface area contributed by atoms with Crippen LogP contribution in [0, 0.1) is 5.92 Å². The molecule has 1 aromatic rings. The van der Waals surface area contributed by atoms with E-state index in [1.807, 2.05) is 0 Å². The summed E-state index contributed by atoms with van der Waals surface area (Å²) in [5, 5.41) is 13.6. The van der Waals surface area contributed by atoms with Gasteiger partial charge in [-0.15, -0.1) is 0 Å². The van der Waals surface area contributed by atoms with Crippen LogP contribution in [0.5, 0.6) is 5.75 Å². The zero-order valence-corrected chi connectivity index (χ0v) is 15.4. The molecule has 146 valence electrons. The highest BCUT2D eigenvalue weighted by Gasteiger charge is 2.36. The number of nitrogens with one attached hydrogen (secondary N) is 2. The number of benzene rings is 1. The van der Waals surface area contributed by atoms with E-state index in [1.165, 1.54) is 18.7 Å². The minimum Gasteiger partial charge on any atom is -0.497 e. The van der Waals surface area contributed by atoms with Crippen molar-refractivity contribution in [2.75, 3.05) is 18.6 Å². The number of hydrogen-bond donors (Lipinski definition) is 3. The molecule has 0 saturated carbocycles. The van der Waals surface area contributed by atoms with Gasteiger partial charge in [-0.1, -0.05) is 0 Å². The molecular weight excluding hydrogens is 354 g/mol. The van der Waals surface area contributed by atoms with Crippen molar-refractivity contribution >= 4 is 29.4 Å². The number of carboxylic acids is 1. The fourth-order valence-corrected chi connectivity index (χ4v) is 2.69. The number of carbonyl (C=O) groups excluding carboxylic acids is 3.